The Hall–Kier alpha value is -0.300. The molecule has 0 aliphatic heterocycles. The van der Waals surface area contributed by atoms with E-state index in [4.69, 9.17) is 0 Å². The van der Waals surface area contributed by atoms with Gasteiger partial charge < -0.3 is 5.11 Å². The Morgan fingerprint density at radius 2 is 1.93 bits per heavy atom. The summed E-state index contributed by atoms with van der Waals surface area (Å²) in [5, 5.41) is 9.61. The van der Waals surface area contributed by atoms with Crippen LogP contribution in [0, 0.1) is 5.92 Å². The van der Waals surface area contributed by atoms with E-state index in [1.165, 1.54) is 12.0 Å². The summed E-state index contributed by atoms with van der Waals surface area (Å²) >= 11 is 0. The van der Waals surface area contributed by atoms with Crippen LogP contribution in [-0.2, 0) is 0 Å². The lowest BCUT2D eigenvalue weighted by Crippen LogP contribution is -2.11. The first-order chi connectivity index (χ1) is 6.56. The van der Waals surface area contributed by atoms with Gasteiger partial charge in [-0.3, -0.25) is 0 Å². The van der Waals surface area contributed by atoms with E-state index in [2.05, 4.69) is 33.8 Å². The first kappa shape index (κ1) is 13.7. The highest BCUT2D eigenvalue weighted by atomic mass is 16.3. The average Bonchev–Trinajstić information content (AvgIpc) is 2.03. The molecule has 0 aliphatic carbocycles. The molecule has 0 aliphatic rings. The minimum Gasteiger partial charge on any atom is -0.393 e. The Morgan fingerprint density at radius 3 is 2.43 bits per heavy atom. The maximum Gasteiger partial charge on any atom is 0.0542 e. The molecule has 0 aromatic carbocycles. The van der Waals surface area contributed by atoms with Crippen LogP contribution in [-0.4, -0.2) is 11.2 Å². The van der Waals surface area contributed by atoms with Crippen LogP contribution in [0.2, 0.25) is 0 Å². The van der Waals surface area contributed by atoms with Crippen molar-refractivity contribution in [2.75, 3.05) is 0 Å². The molecule has 0 fully saturated rings. The van der Waals surface area contributed by atoms with Gasteiger partial charge in [0.2, 0.25) is 0 Å². The van der Waals surface area contributed by atoms with Crippen molar-refractivity contribution < 1.29 is 5.11 Å². The van der Waals surface area contributed by atoms with E-state index in [9.17, 15) is 5.11 Å². The SMILES string of the molecule is CCCC(O)C[C@@H](C)CCC=C(C)C. The maximum atomic E-state index is 9.61. The van der Waals surface area contributed by atoms with E-state index in [1.54, 1.807) is 0 Å². The van der Waals surface area contributed by atoms with Crippen LogP contribution in [0.15, 0.2) is 11.6 Å². The molecule has 1 N–H and O–H groups in total. The van der Waals surface area contributed by atoms with Crippen molar-refractivity contribution in [1.29, 1.82) is 0 Å². The smallest absolute Gasteiger partial charge is 0.0542 e. The van der Waals surface area contributed by atoms with Crippen LogP contribution < -0.4 is 0 Å². The number of aliphatic hydroxyl groups is 1. The average molecular weight is 198 g/mol. The first-order valence-corrected chi connectivity index (χ1v) is 5.87. The van der Waals surface area contributed by atoms with Crippen molar-refractivity contribution in [2.24, 2.45) is 5.92 Å². The molecule has 84 valence electrons. The minimum absolute atomic E-state index is 0.0818. The summed E-state index contributed by atoms with van der Waals surface area (Å²) in [5.74, 6) is 0.646. The molecular formula is C13H26O. The lowest BCUT2D eigenvalue weighted by Gasteiger charge is -2.14. The Kier molecular flexibility index (Phi) is 7.87. The van der Waals surface area contributed by atoms with E-state index < -0.39 is 0 Å². The third kappa shape index (κ3) is 8.31. The number of allylic oxidation sites excluding steroid dienone is 2. The molecule has 0 saturated carbocycles. The zero-order chi connectivity index (χ0) is 11.0. The molecule has 0 amide bonds. The van der Waals surface area contributed by atoms with E-state index in [1.807, 2.05) is 0 Å². The summed E-state index contributed by atoms with van der Waals surface area (Å²) < 4.78 is 0. The third-order valence-corrected chi connectivity index (χ3v) is 2.51. The molecule has 2 atom stereocenters. The van der Waals surface area contributed by atoms with Gasteiger partial charge in [-0.2, -0.15) is 0 Å². The predicted molar refractivity (Wildman–Crippen MR) is 63.4 cm³/mol. The van der Waals surface area contributed by atoms with Gasteiger partial charge in [0.1, 0.15) is 0 Å². The van der Waals surface area contributed by atoms with Crippen molar-refractivity contribution >= 4 is 0 Å². The number of aliphatic hydroxyl groups excluding tert-OH is 1. The van der Waals surface area contributed by atoms with Gasteiger partial charge in [0, 0.05) is 0 Å². The second-order valence-electron chi connectivity index (χ2n) is 4.64. The number of hydrogen-bond acceptors (Lipinski definition) is 1. The highest BCUT2D eigenvalue weighted by Gasteiger charge is 2.08. The molecule has 14 heavy (non-hydrogen) atoms. The van der Waals surface area contributed by atoms with Crippen molar-refractivity contribution in [3.8, 4) is 0 Å². The summed E-state index contributed by atoms with van der Waals surface area (Å²) in [6.07, 6.45) is 7.55. The molecule has 1 nitrogen and oxygen atoms in total. The predicted octanol–water partition coefficient (Wildman–Crippen LogP) is 3.92. The zero-order valence-corrected chi connectivity index (χ0v) is 10.2. The van der Waals surface area contributed by atoms with Crippen molar-refractivity contribution in [3.05, 3.63) is 11.6 Å². The van der Waals surface area contributed by atoms with Gasteiger partial charge in [0.05, 0.1) is 6.10 Å². The fourth-order valence-electron chi connectivity index (χ4n) is 1.69. The van der Waals surface area contributed by atoms with Crippen LogP contribution >= 0.6 is 0 Å². The first-order valence-electron chi connectivity index (χ1n) is 5.87. The van der Waals surface area contributed by atoms with Gasteiger partial charge in [-0.05, 0) is 45.4 Å². The van der Waals surface area contributed by atoms with Crippen molar-refractivity contribution in [3.63, 3.8) is 0 Å². The van der Waals surface area contributed by atoms with Gasteiger partial charge in [0.15, 0.2) is 0 Å². The minimum atomic E-state index is -0.0818. The van der Waals surface area contributed by atoms with Crippen LogP contribution in [0.4, 0.5) is 0 Å². The molecule has 0 saturated heterocycles. The van der Waals surface area contributed by atoms with Crippen LogP contribution in [0.25, 0.3) is 0 Å². The van der Waals surface area contributed by atoms with E-state index in [0.29, 0.717) is 5.92 Å². The Balaban J connectivity index is 3.54. The van der Waals surface area contributed by atoms with Gasteiger partial charge in [-0.1, -0.05) is 31.9 Å². The van der Waals surface area contributed by atoms with E-state index in [0.717, 1.165) is 25.7 Å². The molecule has 0 aromatic rings. The quantitative estimate of drug-likeness (QED) is 0.615. The normalized spacial score (nSPS) is 14.9. The molecule has 1 heteroatoms. The highest BCUT2D eigenvalue weighted by molar-refractivity contribution is 4.92. The van der Waals surface area contributed by atoms with Crippen LogP contribution in [0.5, 0.6) is 0 Å². The number of rotatable bonds is 7. The molecule has 0 spiro atoms. The summed E-state index contributed by atoms with van der Waals surface area (Å²) in [5.41, 5.74) is 1.39. The molecule has 0 aromatic heterocycles. The fraction of sp³-hybridized carbons (Fsp3) is 0.846. The highest BCUT2D eigenvalue weighted by Crippen LogP contribution is 2.16. The lowest BCUT2D eigenvalue weighted by atomic mass is 9.96. The summed E-state index contributed by atoms with van der Waals surface area (Å²) in [6, 6.07) is 0. The van der Waals surface area contributed by atoms with Gasteiger partial charge in [-0.15, -0.1) is 0 Å². The summed E-state index contributed by atoms with van der Waals surface area (Å²) in [6.45, 7) is 8.63. The molecule has 0 radical (unpaired) electrons. The molecule has 0 bridgehead atoms. The van der Waals surface area contributed by atoms with E-state index >= 15 is 0 Å². The van der Waals surface area contributed by atoms with Gasteiger partial charge in [-0.25, -0.2) is 0 Å². The largest absolute Gasteiger partial charge is 0.393 e. The summed E-state index contributed by atoms with van der Waals surface area (Å²) in [4.78, 5) is 0. The van der Waals surface area contributed by atoms with Crippen molar-refractivity contribution in [2.45, 2.75) is 65.9 Å². The van der Waals surface area contributed by atoms with Gasteiger partial charge in [0.25, 0.3) is 0 Å². The van der Waals surface area contributed by atoms with E-state index in [-0.39, 0.29) is 6.10 Å². The second kappa shape index (κ2) is 8.05. The topological polar surface area (TPSA) is 20.2 Å². The molecule has 1 unspecified atom stereocenters. The van der Waals surface area contributed by atoms with Crippen LogP contribution in [0.3, 0.4) is 0 Å². The van der Waals surface area contributed by atoms with Crippen molar-refractivity contribution in [1.82, 2.24) is 0 Å². The number of hydrogen-bond donors (Lipinski definition) is 1. The summed E-state index contributed by atoms with van der Waals surface area (Å²) in [7, 11) is 0. The lowest BCUT2D eigenvalue weighted by molar-refractivity contribution is 0.133. The molecular weight excluding hydrogens is 172 g/mol. The monoisotopic (exact) mass is 198 g/mol. The van der Waals surface area contributed by atoms with Crippen LogP contribution in [0.1, 0.15) is 59.8 Å². The molecule has 0 rings (SSSR count). The van der Waals surface area contributed by atoms with Gasteiger partial charge >= 0.3 is 0 Å². The Bertz CT molecular complexity index is 157. The third-order valence-electron chi connectivity index (χ3n) is 2.51. The Morgan fingerprint density at radius 1 is 1.29 bits per heavy atom. The molecule has 0 heterocycles. The zero-order valence-electron chi connectivity index (χ0n) is 10.2. The fourth-order valence-corrected chi connectivity index (χ4v) is 1.69. The maximum absolute atomic E-state index is 9.61. The Labute approximate surface area is 89.2 Å². The standard InChI is InChI=1S/C13H26O/c1-5-7-13(14)10-12(4)9-6-8-11(2)3/h8,12-14H,5-7,9-10H2,1-4H3/t12-,13?/m0/s1. The second-order valence-corrected chi connectivity index (χ2v) is 4.64.